The zero-order valence-electron chi connectivity index (χ0n) is 19.1. The van der Waals surface area contributed by atoms with E-state index < -0.39 is 5.97 Å². The van der Waals surface area contributed by atoms with Crippen molar-refractivity contribution in [1.82, 2.24) is 5.32 Å². The second-order valence-electron chi connectivity index (χ2n) is 9.37. The lowest BCUT2D eigenvalue weighted by Gasteiger charge is -2.41. The van der Waals surface area contributed by atoms with E-state index in [9.17, 15) is 9.59 Å². The van der Waals surface area contributed by atoms with Gasteiger partial charge in [-0.1, -0.05) is 71.1 Å². The molecule has 0 saturated carbocycles. The Labute approximate surface area is 178 Å². The van der Waals surface area contributed by atoms with Gasteiger partial charge in [-0.05, 0) is 6.42 Å². The number of rotatable bonds is 16. The molecule has 6 heteroatoms. The lowest BCUT2D eigenvalue weighted by atomic mass is 10.1. The van der Waals surface area contributed by atoms with Crippen LogP contribution in [0.25, 0.3) is 0 Å². The molecule has 1 aliphatic heterocycles. The zero-order chi connectivity index (χ0) is 21.5. The highest BCUT2D eigenvalue weighted by Crippen LogP contribution is 2.18. The number of likely N-dealkylation sites (N-methyl/N-ethyl adjacent to an activating group) is 1. The molecule has 0 spiro atoms. The van der Waals surface area contributed by atoms with Gasteiger partial charge in [0.2, 0.25) is 5.91 Å². The van der Waals surface area contributed by atoms with Crippen LogP contribution in [0.5, 0.6) is 0 Å². The highest BCUT2D eigenvalue weighted by molar-refractivity contribution is 5.75. The van der Waals surface area contributed by atoms with Crippen LogP contribution in [0.15, 0.2) is 0 Å². The first-order valence-corrected chi connectivity index (χ1v) is 11.8. The Bertz CT molecular complexity index is 468. The Morgan fingerprint density at radius 2 is 1.41 bits per heavy atom. The van der Waals surface area contributed by atoms with Crippen molar-refractivity contribution in [3.05, 3.63) is 0 Å². The van der Waals surface area contributed by atoms with Crippen molar-refractivity contribution >= 4 is 11.9 Å². The maximum atomic E-state index is 12.1. The summed E-state index contributed by atoms with van der Waals surface area (Å²) in [5.41, 5.74) is 0. The molecule has 1 amide bonds. The van der Waals surface area contributed by atoms with Gasteiger partial charge in [0.1, 0.15) is 25.3 Å². The van der Waals surface area contributed by atoms with E-state index in [-0.39, 0.29) is 24.5 Å². The number of hydrogen-bond acceptors (Lipinski definition) is 3. The molecular weight excluding hydrogens is 368 g/mol. The minimum Gasteiger partial charge on any atom is -0.481 e. The number of ether oxygens (including phenoxy) is 1. The van der Waals surface area contributed by atoms with E-state index in [0.717, 1.165) is 23.9 Å². The number of unbranched alkanes of at least 4 members (excludes halogenated alkanes) is 10. The van der Waals surface area contributed by atoms with E-state index in [1.54, 1.807) is 0 Å². The summed E-state index contributed by atoms with van der Waals surface area (Å²) >= 11 is 0. The number of carboxylic acid groups (broad SMARTS) is 1. The molecule has 1 aliphatic rings. The van der Waals surface area contributed by atoms with Gasteiger partial charge in [-0.3, -0.25) is 9.59 Å². The SMILES string of the molecule is CCCCCCCCCCCCCC(=O)NC[C@@H]1C[N+](C)(C)C[C@H](CC(=O)O)O1. The lowest BCUT2D eigenvalue weighted by molar-refractivity contribution is -0.905. The fourth-order valence-electron chi connectivity index (χ4n) is 4.22. The molecule has 0 aliphatic carbocycles. The van der Waals surface area contributed by atoms with E-state index in [2.05, 4.69) is 26.3 Å². The molecule has 0 aromatic rings. The summed E-state index contributed by atoms with van der Waals surface area (Å²) < 4.78 is 6.60. The molecule has 0 aromatic heterocycles. The number of morpholine rings is 1. The summed E-state index contributed by atoms with van der Waals surface area (Å²) in [6, 6.07) is 0. The largest absolute Gasteiger partial charge is 0.481 e. The van der Waals surface area contributed by atoms with Crippen LogP contribution < -0.4 is 5.32 Å². The van der Waals surface area contributed by atoms with E-state index in [1.807, 2.05) is 0 Å². The standard InChI is InChI=1S/C23H44N2O4/c1-4-5-6-7-8-9-10-11-12-13-14-15-22(26)24-17-21-19-25(2,3)18-20(29-21)16-23(27)28/h20-21H,4-19H2,1-3H3,(H-,24,26,27,28)/p+1/t20-,21+/m0/s1. The summed E-state index contributed by atoms with van der Waals surface area (Å²) in [6.45, 7) is 4.20. The topological polar surface area (TPSA) is 75.6 Å². The number of amides is 1. The summed E-state index contributed by atoms with van der Waals surface area (Å²) in [4.78, 5) is 23.1. The molecule has 170 valence electrons. The van der Waals surface area contributed by atoms with Crippen molar-refractivity contribution in [3.63, 3.8) is 0 Å². The number of hydrogen-bond donors (Lipinski definition) is 2. The van der Waals surface area contributed by atoms with Gasteiger partial charge in [0.05, 0.1) is 20.5 Å². The molecule has 1 heterocycles. The van der Waals surface area contributed by atoms with Crippen molar-refractivity contribution < 1.29 is 23.9 Å². The van der Waals surface area contributed by atoms with Crippen LogP contribution in [-0.2, 0) is 14.3 Å². The smallest absolute Gasteiger partial charge is 0.306 e. The Balaban J connectivity index is 2.05. The maximum absolute atomic E-state index is 12.1. The highest BCUT2D eigenvalue weighted by Gasteiger charge is 2.35. The van der Waals surface area contributed by atoms with Gasteiger partial charge in [0.25, 0.3) is 0 Å². The molecule has 2 N–H and O–H groups in total. The molecule has 1 saturated heterocycles. The van der Waals surface area contributed by atoms with Gasteiger partial charge >= 0.3 is 5.97 Å². The zero-order valence-corrected chi connectivity index (χ0v) is 19.1. The summed E-state index contributed by atoms with van der Waals surface area (Å²) in [5, 5.41) is 12.0. The Morgan fingerprint density at radius 1 is 0.897 bits per heavy atom. The van der Waals surface area contributed by atoms with Crippen LogP contribution in [-0.4, -0.2) is 67.4 Å². The Morgan fingerprint density at radius 3 is 1.97 bits per heavy atom. The summed E-state index contributed by atoms with van der Waals surface area (Å²) in [7, 11) is 4.16. The van der Waals surface area contributed by atoms with Gasteiger partial charge in [0, 0.05) is 13.0 Å². The van der Waals surface area contributed by atoms with Crippen molar-refractivity contribution in [2.24, 2.45) is 0 Å². The van der Waals surface area contributed by atoms with Gasteiger partial charge < -0.3 is 19.6 Å². The third-order valence-electron chi connectivity index (χ3n) is 5.72. The van der Waals surface area contributed by atoms with Gasteiger partial charge in [-0.25, -0.2) is 0 Å². The van der Waals surface area contributed by atoms with E-state index in [4.69, 9.17) is 9.84 Å². The second-order valence-corrected chi connectivity index (χ2v) is 9.37. The minimum atomic E-state index is -0.837. The quantitative estimate of drug-likeness (QED) is 0.295. The number of carbonyl (C=O) groups excluding carboxylic acids is 1. The van der Waals surface area contributed by atoms with Crippen molar-refractivity contribution in [3.8, 4) is 0 Å². The van der Waals surface area contributed by atoms with Gasteiger partial charge in [-0.15, -0.1) is 0 Å². The molecular formula is C23H45N2O4+. The van der Waals surface area contributed by atoms with Gasteiger partial charge in [-0.2, -0.15) is 0 Å². The molecule has 0 bridgehead atoms. The number of aliphatic carboxylic acids is 1. The van der Waals surface area contributed by atoms with Crippen LogP contribution in [0.4, 0.5) is 0 Å². The predicted octanol–water partition coefficient (Wildman–Crippen LogP) is 4.12. The molecule has 29 heavy (non-hydrogen) atoms. The third-order valence-corrected chi connectivity index (χ3v) is 5.72. The molecule has 1 rings (SSSR count). The van der Waals surface area contributed by atoms with Crippen LogP contribution in [0, 0.1) is 0 Å². The number of quaternary nitrogens is 1. The average Bonchev–Trinajstić information content (AvgIpc) is 2.62. The first kappa shape index (κ1) is 25.9. The van der Waals surface area contributed by atoms with Crippen LogP contribution >= 0.6 is 0 Å². The number of carbonyl (C=O) groups is 2. The molecule has 0 unspecified atom stereocenters. The second kappa shape index (κ2) is 14.8. The van der Waals surface area contributed by atoms with Gasteiger partial charge in [0.15, 0.2) is 0 Å². The summed E-state index contributed by atoms with van der Waals surface area (Å²) in [5.74, 6) is -0.758. The molecule has 6 nitrogen and oxygen atoms in total. The van der Waals surface area contributed by atoms with Crippen molar-refractivity contribution in [2.75, 3.05) is 33.7 Å². The first-order valence-electron chi connectivity index (χ1n) is 11.8. The predicted molar refractivity (Wildman–Crippen MR) is 117 cm³/mol. The van der Waals surface area contributed by atoms with Crippen LogP contribution in [0.1, 0.15) is 90.4 Å². The fraction of sp³-hybridized carbons (Fsp3) is 0.913. The Hall–Kier alpha value is -1.14. The lowest BCUT2D eigenvalue weighted by Crippen LogP contribution is -2.59. The molecule has 2 atom stereocenters. The monoisotopic (exact) mass is 413 g/mol. The number of nitrogens with zero attached hydrogens (tertiary/aromatic N) is 1. The van der Waals surface area contributed by atoms with Crippen molar-refractivity contribution in [2.45, 2.75) is 103 Å². The minimum absolute atomic E-state index is 0.0187. The molecule has 0 aromatic carbocycles. The van der Waals surface area contributed by atoms with E-state index in [0.29, 0.717) is 19.5 Å². The maximum Gasteiger partial charge on any atom is 0.306 e. The molecule has 1 fully saturated rings. The van der Waals surface area contributed by atoms with Crippen LogP contribution in [0.2, 0.25) is 0 Å². The average molecular weight is 414 g/mol. The highest BCUT2D eigenvalue weighted by atomic mass is 16.5. The van der Waals surface area contributed by atoms with E-state index >= 15 is 0 Å². The third kappa shape index (κ3) is 13.7. The number of nitrogens with one attached hydrogen (secondary N) is 1. The van der Waals surface area contributed by atoms with E-state index in [1.165, 1.54) is 57.8 Å². The van der Waals surface area contributed by atoms with Crippen LogP contribution in [0.3, 0.4) is 0 Å². The van der Waals surface area contributed by atoms with Crippen molar-refractivity contribution in [1.29, 1.82) is 0 Å². The molecule has 0 radical (unpaired) electrons. The normalized spacial score (nSPS) is 21.1. The summed E-state index contributed by atoms with van der Waals surface area (Å²) in [6.07, 6.45) is 14.2. The fourth-order valence-corrected chi connectivity index (χ4v) is 4.22. The number of carboxylic acids is 1. The Kier molecular flexibility index (Phi) is 13.2. The first-order chi connectivity index (χ1) is 13.8.